The first-order valence-corrected chi connectivity index (χ1v) is 9.82. The predicted octanol–water partition coefficient (Wildman–Crippen LogP) is 2.36. The maximum atomic E-state index is 14.1. The molecule has 0 bridgehead atoms. The number of halogens is 1. The minimum Gasteiger partial charge on any atom is -0.313 e. The van der Waals surface area contributed by atoms with Gasteiger partial charge in [-0.2, -0.15) is 11.8 Å². The highest BCUT2D eigenvalue weighted by Crippen LogP contribution is 2.17. The van der Waals surface area contributed by atoms with Crippen molar-refractivity contribution in [2.24, 2.45) is 0 Å². The molecular weight excluding hydrogens is 311 g/mol. The van der Waals surface area contributed by atoms with Gasteiger partial charge in [-0.15, -0.1) is 0 Å². The van der Waals surface area contributed by atoms with Crippen LogP contribution in [0.15, 0.2) is 23.1 Å². The Hall–Kier alpha value is -0.630. The molecule has 0 aromatic heterocycles. The number of rotatable bonds is 9. The van der Waals surface area contributed by atoms with Gasteiger partial charge >= 0.3 is 0 Å². The van der Waals surface area contributed by atoms with E-state index >= 15 is 0 Å². The lowest BCUT2D eigenvalue weighted by Crippen LogP contribution is -2.36. The number of benzene rings is 1. The molecule has 0 radical (unpaired) electrons. The van der Waals surface area contributed by atoms with Gasteiger partial charge in [-0.1, -0.05) is 19.9 Å². The molecule has 0 aliphatic heterocycles. The molecule has 1 atom stereocenters. The fourth-order valence-corrected chi connectivity index (χ4v) is 4.07. The summed E-state index contributed by atoms with van der Waals surface area (Å²) < 4.78 is 41.1. The lowest BCUT2D eigenvalue weighted by molar-refractivity contribution is 0.540. The molecule has 0 saturated heterocycles. The van der Waals surface area contributed by atoms with Crippen LogP contribution in [0.2, 0.25) is 0 Å². The highest BCUT2D eigenvalue weighted by Gasteiger charge is 2.22. The van der Waals surface area contributed by atoms with E-state index in [0.29, 0.717) is 18.7 Å². The van der Waals surface area contributed by atoms with Crippen LogP contribution < -0.4 is 10.0 Å². The van der Waals surface area contributed by atoms with Crippen molar-refractivity contribution in [2.45, 2.75) is 37.8 Å². The minimum atomic E-state index is -3.82. The first-order valence-electron chi connectivity index (χ1n) is 6.95. The number of thioether (sulfide) groups is 1. The Kier molecular flexibility index (Phi) is 7.65. The molecule has 120 valence electrons. The Bertz CT molecular complexity index is 550. The van der Waals surface area contributed by atoms with Crippen LogP contribution in [0.1, 0.15) is 25.8 Å². The van der Waals surface area contributed by atoms with Gasteiger partial charge in [-0.05, 0) is 36.9 Å². The highest BCUT2D eigenvalue weighted by atomic mass is 32.2. The van der Waals surface area contributed by atoms with E-state index in [1.165, 1.54) is 12.1 Å². The Morgan fingerprint density at radius 1 is 1.33 bits per heavy atom. The summed E-state index contributed by atoms with van der Waals surface area (Å²) in [6.45, 7) is 5.15. The maximum absolute atomic E-state index is 14.1. The van der Waals surface area contributed by atoms with Crippen LogP contribution in [0.5, 0.6) is 0 Å². The molecule has 1 aromatic carbocycles. The SMILES string of the molecule is CCNCc1ccc(S(=O)(=O)NC(CC)CSC)c(F)c1. The normalized spacial score (nSPS) is 13.3. The molecule has 0 saturated carbocycles. The van der Waals surface area contributed by atoms with Crippen LogP contribution in [-0.4, -0.2) is 33.0 Å². The lowest BCUT2D eigenvalue weighted by Gasteiger charge is -2.16. The zero-order valence-electron chi connectivity index (χ0n) is 12.6. The topological polar surface area (TPSA) is 58.2 Å². The Balaban J connectivity index is 2.92. The van der Waals surface area contributed by atoms with E-state index in [4.69, 9.17) is 0 Å². The summed E-state index contributed by atoms with van der Waals surface area (Å²) in [5.74, 6) is -0.0486. The maximum Gasteiger partial charge on any atom is 0.243 e. The molecule has 1 unspecified atom stereocenters. The summed E-state index contributed by atoms with van der Waals surface area (Å²) in [4.78, 5) is -0.290. The average Bonchev–Trinajstić information content (AvgIpc) is 2.44. The molecule has 0 aliphatic carbocycles. The number of sulfonamides is 1. The molecule has 4 nitrogen and oxygen atoms in total. The summed E-state index contributed by atoms with van der Waals surface area (Å²) in [6, 6.07) is 4.05. The molecule has 0 aliphatic rings. The van der Waals surface area contributed by atoms with Gasteiger partial charge in [0.2, 0.25) is 10.0 Å². The summed E-state index contributed by atoms with van der Waals surface area (Å²) in [6.07, 6.45) is 2.58. The van der Waals surface area contributed by atoms with Gasteiger partial charge < -0.3 is 5.32 Å². The summed E-state index contributed by atoms with van der Waals surface area (Å²) in [7, 11) is -3.82. The van der Waals surface area contributed by atoms with E-state index < -0.39 is 15.8 Å². The summed E-state index contributed by atoms with van der Waals surface area (Å²) in [5.41, 5.74) is 0.726. The van der Waals surface area contributed by atoms with Gasteiger partial charge in [0.05, 0.1) is 0 Å². The van der Waals surface area contributed by atoms with Gasteiger partial charge in [0, 0.05) is 18.3 Å². The van der Waals surface area contributed by atoms with Crippen molar-refractivity contribution in [2.75, 3.05) is 18.6 Å². The Labute approximate surface area is 131 Å². The second kappa shape index (κ2) is 8.73. The van der Waals surface area contributed by atoms with Crippen molar-refractivity contribution in [3.05, 3.63) is 29.6 Å². The van der Waals surface area contributed by atoms with Crippen molar-refractivity contribution in [1.29, 1.82) is 0 Å². The molecule has 0 heterocycles. The quantitative estimate of drug-likeness (QED) is 0.728. The molecule has 1 aromatic rings. The molecule has 0 fully saturated rings. The van der Waals surface area contributed by atoms with E-state index in [1.807, 2.05) is 20.1 Å². The third kappa shape index (κ3) is 5.58. The van der Waals surface area contributed by atoms with E-state index in [-0.39, 0.29) is 10.9 Å². The molecule has 7 heteroatoms. The molecular formula is C14H23FN2O2S2. The van der Waals surface area contributed by atoms with Crippen molar-refractivity contribution in [3.63, 3.8) is 0 Å². The van der Waals surface area contributed by atoms with Crippen LogP contribution in [0.25, 0.3) is 0 Å². The first-order chi connectivity index (χ1) is 9.94. The summed E-state index contributed by atoms with van der Waals surface area (Å²) >= 11 is 1.56. The highest BCUT2D eigenvalue weighted by molar-refractivity contribution is 7.98. The lowest BCUT2D eigenvalue weighted by atomic mass is 10.2. The minimum absolute atomic E-state index is 0.189. The number of nitrogens with one attached hydrogen (secondary N) is 2. The Morgan fingerprint density at radius 3 is 2.57 bits per heavy atom. The number of hydrogen-bond acceptors (Lipinski definition) is 4. The van der Waals surface area contributed by atoms with Crippen LogP contribution >= 0.6 is 11.8 Å². The van der Waals surface area contributed by atoms with E-state index in [2.05, 4.69) is 10.0 Å². The average molecular weight is 334 g/mol. The second-order valence-corrected chi connectivity index (χ2v) is 7.32. The van der Waals surface area contributed by atoms with Crippen molar-refractivity contribution < 1.29 is 12.8 Å². The second-order valence-electron chi connectivity index (χ2n) is 4.73. The predicted molar refractivity (Wildman–Crippen MR) is 86.6 cm³/mol. The molecule has 1 rings (SSSR count). The molecule has 2 N–H and O–H groups in total. The van der Waals surface area contributed by atoms with E-state index in [9.17, 15) is 12.8 Å². The first kappa shape index (κ1) is 18.4. The fourth-order valence-electron chi connectivity index (χ4n) is 1.86. The fraction of sp³-hybridized carbons (Fsp3) is 0.571. The van der Waals surface area contributed by atoms with Crippen molar-refractivity contribution >= 4 is 21.8 Å². The van der Waals surface area contributed by atoms with E-state index in [1.54, 1.807) is 17.8 Å². The Morgan fingerprint density at radius 2 is 2.05 bits per heavy atom. The van der Waals surface area contributed by atoms with Crippen LogP contribution in [0, 0.1) is 5.82 Å². The zero-order valence-corrected chi connectivity index (χ0v) is 14.3. The third-order valence-electron chi connectivity index (χ3n) is 3.05. The van der Waals surface area contributed by atoms with Crippen molar-refractivity contribution in [3.8, 4) is 0 Å². The smallest absolute Gasteiger partial charge is 0.243 e. The van der Waals surface area contributed by atoms with Gasteiger partial charge in [0.15, 0.2) is 0 Å². The molecule has 21 heavy (non-hydrogen) atoms. The van der Waals surface area contributed by atoms with Crippen LogP contribution in [-0.2, 0) is 16.6 Å². The number of hydrogen-bond donors (Lipinski definition) is 2. The molecule has 0 amide bonds. The van der Waals surface area contributed by atoms with Crippen LogP contribution in [0.3, 0.4) is 0 Å². The summed E-state index contributed by atoms with van der Waals surface area (Å²) in [5, 5.41) is 3.07. The van der Waals surface area contributed by atoms with Gasteiger partial charge in [0.25, 0.3) is 0 Å². The molecule has 0 spiro atoms. The van der Waals surface area contributed by atoms with Gasteiger partial charge in [-0.3, -0.25) is 0 Å². The zero-order chi connectivity index (χ0) is 15.9. The standard InChI is InChI=1S/C14H23FN2O2S2/c1-4-12(10-20-3)17-21(18,19)14-7-6-11(8-13(14)15)9-16-5-2/h6-8,12,16-17H,4-5,9-10H2,1-3H3. The largest absolute Gasteiger partial charge is 0.313 e. The third-order valence-corrected chi connectivity index (χ3v) is 5.34. The van der Waals surface area contributed by atoms with E-state index in [0.717, 1.165) is 12.1 Å². The monoisotopic (exact) mass is 334 g/mol. The van der Waals surface area contributed by atoms with Gasteiger partial charge in [0.1, 0.15) is 10.7 Å². The van der Waals surface area contributed by atoms with Crippen LogP contribution in [0.4, 0.5) is 4.39 Å². The van der Waals surface area contributed by atoms with Gasteiger partial charge in [-0.25, -0.2) is 17.5 Å². The van der Waals surface area contributed by atoms with Crippen molar-refractivity contribution in [1.82, 2.24) is 10.0 Å².